The van der Waals surface area contributed by atoms with Crippen LogP contribution in [0.25, 0.3) is 11.1 Å². The van der Waals surface area contributed by atoms with E-state index in [9.17, 15) is 13.6 Å². The van der Waals surface area contributed by atoms with Gasteiger partial charge in [0.2, 0.25) is 0 Å². The topological polar surface area (TPSA) is 17.1 Å². The summed E-state index contributed by atoms with van der Waals surface area (Å²) < 4.78 is 27.7. The van der Waals surface area contributed by atoms with Crippen molar-refractivity contribution in [1.82, 2.24) is 0 Å². The molecule has 17 heavy (non-hydrogen) atoms. The molecule has 1 nitrogen and oxygen atoms in total. The van der Waals surface area contributed by atoms with Crippen LogP contribution < -0.4 is 0 Å². The van der Waals surface area contributed by atoms with Crippen LogP contribution in [-0.2, 0) is 0 Å². The summed E-state index contributed by atoms with van der Waals surface area (Å²) in [5.41, 5.74) is 0.310. The second-order valence-corrected chi connectivity index (χ2v) is 4.28. The molecule has 0 heterocycles. The average Bonchev–Trinajstić information content (AvgIpc) is 2.35. The highest BCUT2D eigenvalue weighted by Gasteiger charge is 2.16. The number of benzene rings is 2. The van der Waals surface area contributed by atoms with Gasteiger partial charge in [0.1, 0.15) is 11.6 Å². The number of hydrogen-bond donors (Lipinski definition) is 0. The molecule has 0 spiro atoms. The molecular formula is C13H7BrF2O. The summed E-state index contributed by atoms with van der Waals surface area (Å²) in [6.45, 7) is 0. The summed E-state index contributed by atoms with van der Waals surface area (Å²) in [6, 6.07) is 8.74. The summed E-state index contributed by atoms with van der Waals surface area (Å²) in [4.78, 5) is 10.9. The van der Waals surface area contributed by atoms with Gasteiger partial charge < -0.3 is 0 Å². The maximum absolute atomic E-state index is 13.9. The predicted octanol–water partition coefficient (Wildman–Crippen LogP) is 4.21. The Morgan fingerprint density at radius 1 is 1.06 bits per heavy atom. The number of carbonyl (C=O) groups excluding carboxylic acids is 1. The first-order valence-corrected chi connectivity index (χ1v) is 5.62. The van der Waals surface area contributed by atoms with Crippen molar-refractivity contribution in [2.24, 2.45) is 0 Å². The minimum absolute atomic E-state index is 0.162. The number of halogens is 3. The molecule has 0 radical (unpaired) electrons. The third-order valence-corrected chi connectivity index (χ3v) is 3.01. The van der Waals surface area contributed by atoms with Gasteiger partial charge in [-0.3, -0.25) is 4.79 Å². The smallest absolute Gasteiger partial charge is 0.150 e. The minimum Gasteiger partial charge on any atom is -0.298 e. The quantitative estimate of drug-likeness (QED) is 0.599. The molecule has 0 amide bonds. The van der Waals surface area contributed by atoms with E-state index in [1.807, 2.05) is 0 Å². The van der Waals surface area contributed by atoms with Gasteiger partial charge in [-0.2, -0.15) is 0 Å². The Morgan fingerprint density at radius 3 is 2.47 bits per heavy atom. The lowest BCUT2D eigenvalue weighted by atomic mass is 9.99. The van der Waals surface area contributed by atoms with Crippen molar-refractivity contribution < 1.29 is 13.6 Å². The maximum atomic E-state index is 13.9. The van der Waals surface area contributed by atoms with E-state index in [2.05, 4.69) is 15.9 Å². The van der Waals surface area contributed by atoms with Crippen LogP contribution in [0.5, 0.6) is 0 Å². The number of carbonyl (C=O) groups is 1. The Labute approximate surface area is 105 Å². The van der Waals surface area contributed by atoms with Crippen LogP contribution >= 0.6 is 15.9 Å². The molecule has 0 N–H and O–H groups in total. The van der Waals surface area contributed by atoms with Crippen molar-refractivity contribution >= 4 is 22.2 Å². The molecule has 0 aromatic heterocycles. The van der Waals surface area contributed by atoms with E-state index in [0.717, 1.165) is 6.07 Å². The van der Waals surface area contributed by atoms with Gasteiger partial charge in [0.25, 0.3) is 0 Å². The van der Waals surface area contributed by atoms with Gasteiger partial charge in [-0.05, 0) is 33.6 Å². The van der Waals surface area contributed by atoms with E-state index in [4.69, 9.17) is 0 Å². The molecule has 0 fully saturated rings. The lowest BCUT2D eigenvalue weighted by Gasteiger charge is -2.08. The normalized spacial score (nSPS) is 10.3. The first-order valence-electron chi connectivity index (χ1n) is 4.83. The zero-order valence-corrected chi connectivity index (χ0v) is 10.2. The molecule has 2 aromatic carbocycles. The second kappa shape index (κ2) is 4.75. The Bertz CT molecular complexity index is 582. The van der Waals surface area contributed by atoms with E-state index in [0.29, 0.717) is 6.29 Å². The van der Waals surface area contributed by atoms with Crippen molar-refractivity contribution in [3.8, 4) is 11.1 Å². The molecule has 0 unspecified atom stereocenters. The Hall–Kier alpha value is -1.55. The van der Waals surface area contributed by atoms with Crippen molar-refractivity contribution in [1.29, 1.82) is 0 Å². The lowest BCUT2D eigenvalue weighted by molar-refractivity contribution is 0.112. The largest absolute Gasteiger partial charge is 0.298 e. The van der Waals surface area contributed by atoms with Crippen LogP contribution in [0, 0.1) is 11.6 Å². The fourth-order valence-corrected chi connectivity index (χ4v) is 1.93. The summed E-state index contributed by atoms with van der Waals surface area (Å²) in [7, 11) is 0. The highest BCUT2D eigenvalue weighted by atomic mass is 79.9. The second-order valence-electron chi connectivity index (χ2n) is 3.42. The van der Waals surface area contributed by atoms with Crippen molar-refractivity contribution in [2.45, 2.75) is 0 Å². The molecule has 0 atom stereocenters. The van der Waals surface area contributed by atoms with Crippen LogP contribution in [0.2, 0.25) is 0 Å². The Balaban J connectivity index is 2.76. The van der Waals surface area contributed by atoms with Crippen LogP contribution in [0.15, 0.2) is 40.9 Å². The summed E-state index contributed by atoms with van der Waals surface area (Å²) in [5.74, 6) is -1.40. The summed E-state index contributed by atoms with van der Waals surface area (Å²) in [6.07, 6.45) is 0.578. The van der Waals surface area contributed by atoms with Gasteiger partial charge >= 0.3 is 0 Å². The number of aldehydes is 1. The molecule has 0 aliphatic carbocycles. The van der Waals surface area contributed by atoms with Crippen LogP contribution in [0.4, 0.5) is 8.78 Å². The highest BCUT2D eigenvalue weighted by Crippen LogP contribution is 2.32. The van der Waals surface area contributed by atoms with E-state index < -0.39 is 11.6 Å². The molecule has 0 saturated heterocycles. The molecule has 2 aromatic rings. The lowest BCUT2D eigenvalue weighted by Crippen LogP contribution is -1.95. The van der Waals surface area contributed by atoms with Crippen molar-refractivity contribution in [3.63, 3.8) is 0 Å². The Morgan fingerprint density at radius 2 is 1.76 bits per heavy atom. The van der Waals surface area contributed by atoms with Crippen molar-refractivity contribution in [3.05, 3.63) is 58.1 Å². The fraction of sp³-hybridized carbons (Fsp3) is 0. The van der Waals surface area contributed by atoms with Gasteiger partial charge in [0, 0.05) is 5.56 Å². The summed E-state index contributed by atoms with van der Waals surface area (Å²) >= 11 is 2.99. The average molecular weight is 297 g/mol. The standard InChI is InChI=1S/C13H7BrF2O/c14-10-5-6-11(15)12(13(10)16)9-4-2-1-3-8(9)7-17/h1-7H. The van der Waals surface area contributed by atoms with Gasteiger partial charge in [-0.25, -0.2) is 8.78 Å². The van der Waals surface area contributed by atoms with Crippen molar-refractivity contribution in [2.75, 3.05) is 0 Å². The predicted molar refractivity (Wildman–Crippen MR) is 64.9 cm³/mol. The van der Waals surface area contributed by atoms with E-state index in [1.165, 1.54) is 18.2 Å². The highest BCUT2D eigenvalue weighted by molar-refractivity contribution is 9.10. The van der Waals surface area contributed by atoms with Crippen LogP contribution in [0.1, 0.15) is 10.4 Å². The molecule has 4 heteroatoms. The zero-order valence-electron chi connectivity index (χ0n) is 8.58. The molecule has 0 aliphatic rings. The molecule has 2 rings (SSSR count). The van der Waals surface area contributed by atoms with E-state index >= 15 is 0 Å². The monoisotopic (exact) mass is 296 g/mol. The molecule has 0 saturated carbocycles. The van der Waals surface area contributed by atoms with Gasteiger partial charge in [0.05, 0.1) is 10.0 Å². The molecule has 0 bridgehead atoms. The first kappa shape index (κ1) is 11.9. The maximum Gasteiger partial charge on any atom is 0.150 e. The third-order valence-electron chi connectivity index (χ3n) is 2.40. The van der Waals surface area contributed by atoms with E-state index in [-0.39, 0.29) is 21.2 Å². The SMILES string of the molecule is O=Cc1ccccc1-c1c(F)ccc(Br)c1F. The number of hydrogen-bond acceptors (Lipinski definition) is 1. The minimum atomic E-state index is -0.709. The summed E-state index contributed by atoms with van der Waals surface area (Å²) in [5, 5.41) is 0. The third kappa shape index (κ3) is 2.13. The van der Waals surface area contributed by atoms with Gasteiger partial charge in [0.15, 0.2) is 6.29 Å². The van der Waals surface area contributed by atoms with E-state index in [1.54, 1.807) is 12.1 Å². The van der Waals surface area contributed by atoms with Gasteiger partial charge in [-0.15, -0.1) is 0 Å². The van der Waals surface area contributed by atoms with Gasteiger partial charge in [-0.1, -0.05) is 24.3 Å². The zero-order chi connectivity index (χ0) is 12.4. The number of rotatable bonds is 2. The molecule has 86 valence electrons. The molecule has 0 aliphatic heterocycles. The first-order chi connectivity index (χ1) is 8.15. The molecular weight excluding hydrogens is 290 g/mol. The van der Waals surface area contributed by atoms with Crippen LogP contribution in [0.3, 0.4) is 0 Å². The van der Waals surface area contributed by atoms with Crippen LogP contribution in [-0.4, -0.2) is 6.29 Å². The fourth-order valence-electron chi connectivity index (χ4n) is 1.60. The Kier molecular flexibility index (Phi) is 3.33.